The number of halogens is 3. The highest BCUT2D eigenvalue weighted by atomic mass is 79.9. The molecule has 0 radical (unpaired) electrons. The molecule has 0 bridgehead atoms. The Kier molecular flexibility index (Phi) is 5.47. The molecule has 2 N–H and O–H groups in total. The Morgan fingerprint density at radius 3 is 2.47 bits per heavy atom. The van der Waals surface area contributed by atoms with Crippen molar-refractivity contribution in [2.75, 3.05) is 10.7 Å². The van der Waals surface area contributed by atoms with Gasteiger partial charge in [-0.25, -0.2) is 0 Å². The lowest BCUT2D eigenvalue weighted by molar-refractivity contribution is 0.0922. The van der Waals surface area contributed by atoms with Gasteiger partial charge >= 0.3 is 0 Å². The number of aromatic hydroxyl groups is 1. The lowest BCUT2D eigenvalue weighted by atomic mass is 10.1. The van der Waals surface area contributed by atoms with E-state index in [1.165, 1.54) is 6.07 Å². The molecule has 0 saturated heterocycles. The Balaban J connectivity index is 2.86. The van der Waals surface area contributed by atoms with E-state index in [-0.39, 0.29) is 17.2 Å². The SMILES string of the molecule is CC(CBr)(CBr)NC(=O)c1ccc(Br)c(O)c1. The predicted molar refractivity (Wildman–Crippen MR) is 79.3 cm³/mol. The summed E-state index contributed by atoms with van der Waals surface area (Å²) < 4.78 is 0.567. The molecule has 1 amide bonds. The third-order valence-corrected chi connectivity index (χ3v) is 5.36. The number of hydrogen-bond donors (Lipinski definition) is 2. The molecule has 1 rings (SSSR count). The summed E-state index contributed by atoms with van der Waals surface area (Å²) in [5.41, 5.74) is 0.0681. The van der Waals surface area contributed by atoms with Gasteiger partial charge in [-0.05, 0) is 41.1 Å². The van der Waals surface area contributed by atoms with E-state index in [1.807, 2.05) is 6.92 Å². The number of benzene rings is 1. The van der Waals surface area contributed by atoms with E-state index in [4.69, 9.17) is 0 Å². The summed E-state index contributed by atoms with van der Waals surface area (Å²) in [7, 11) is 0. The van der Waals surface area contributed by atoms with Crippen molar-refractivity contribution in [3.05, 3.63) is 28.2 Å². The van der Waals surface area contributed by atoms with Gasteiger partial charge in [-0.3, -0.25) is 4.79 Å². The number of phenols is 1. The molecule has 0 heterocycles. The Morgan fingerprint density at radius 2 is 2.00 bits per heavy atom. The molecular formula is C11H12Br3NO2. The number of alkyl halides is 2. The van der Waals surface area contributed by atoms with Crippen LogP contribution < -0.4 is 5.32 Å². The fraction of sp³-hybridized carbons (Fsp3) is 0.364. The van der Waals surface area contributed by atoms with Crippen molar-refractivity contribution in [2.45, 2.75) is 12.5 Å². The van der Waals surface area contributed by atoms with Crippen molar-refractivity contribution in [1.82, 2.24) is 5.32 Å². The first-order chi connectivity index (χ1) is 7.91. The second-order valence-electron chi connectivity index (χ2n) is 3.95. The Hall–Kier alpha value is -0.0700. The summed E-state index contributed by atoms with van der Waals surface area (Å²) in [5.74, 6) is -0.161. The number of phenolic OH excluding ortho intramolecular Hbond substituents is 1. The van der Waals surface area contributed by atoms with E-state index >= 15 is 0 Å². The van der Waals surface area contributed by atoms with Crippen molar-refractivity contribution in [2.24, 2.45) is 0 Å². The highest BCUT2D eigenvalue weighted by Crippen LogP contribution is 2.24. The highest BCUT2D eigenvalue weighted by Gasteiger charge is 2.24. The zero-order valence-electron chi connectivity index (χ0n) is 9.14. The van der Waals surface area contributed by atoms with Crippen molar-refractivity contribution in [1.29, 1.82) is 0 Å². The average Bonchev–Trinajstić information content (AvgIpc) is 2.32. The van der Waals surface area contributed by atoms with E-state index < -0.39 is 0 Å². The lowest BCUT2D eigenvalue weighted by Crippen LogP contribution is -2.48. The van der Waals surface area contributed by atoms with Gasteiger partial charge in [-0.15, -0.1) is 0 Å². The fourth-order valence-corrected chi connectivity index (χ4v) is 2.56. The monoisotopic (exact) mass is 427 g/mol. The average molecular weight is 430 g/mol. The zero-order chi connectivity index (χ0) is 13.1. The molecule has 1 aromatic rings. The number of rotatable bonds is 4. The number of amides is 1. The molecule has 0 aliphatic rings. The second kappa shape index (κ2) is 6.20. The lowest BCUT2D eigenvalue weighted by Gasteiger charge is -2.26. The van der Waals surface area contributed by atoms with Gasteiger partial charge in [-0.2, -0.15) is 0 Å². The molecule has 0 aliphatic carbocycles. The number of hydrogen-bond acceptors (Lipinski definition) is 2. The van der Waals surface area contributed by atoms with Gasteiger partial charge in [0, 0.05) is 16.2 Å². The quantitative estimate of drug-likeness (QED) is 0.720. The number of carbonyl (C=O) groups is 1. The third-order valence-electron chi connectivity index (χ3n) is 2.21. The maximum Gasteiger partial charge on any atom is 0.251 e. The summed E-state index contributed by atoms with van der Waals surface area (Å²) >= 11 is 9.89. The first kappa shape index (κ1) is 15.0. The van der Waals surface area contributed by atoms with Gasteiger partial charge in [0.2, 0.25) is 0 Å². The van der Waals surface area contributed by atoms with E-state index in [9.17, 15) is 9.90 Å². The molecule has 3 nitrogen and oxygen atoms in total. The molecule has 0 atom stereocenters. The van der Waals surface area contributed by atoms with E-state index in [2.05, 4.69) is 53.1 Å². The van der Waals surface area contributed by atoms with Crippen LogP contribution in [0.3, 0.4) is 0 Å². The van der Waals surface area contributed by atoms with Crippen LogP contribution in [-0.2, 0) is 0 Å². The number of carbonyl (C=O) groups excluding carboxylic acids is 1. The molecular weight excluding hydrogens is 418 g/mol. The summed E-state index contributed by atoms with van der Waals surface area (Å²) in [5, 5.41) is 13.7. The highest BCUT2D eigenvalue weighted by molar-refractivity contribution is 9.10. The van der Waals surface area contributed by atoms with Crippen molar-refractivity contribution in [3.63, 3.8) is 0 Å². The van der Waals surface area contributed by atoms with Crippen LogP contribution in [0.15, 0.2) is 22.7 Å². The molecule has 0 aliphatic heterocycles. The van der Waals surface area contributed by atoms with Crippen LogP contribution in [0.4, 0.5) is 0 Å². The van der Waals surface area contributed by atoms with Gasteiger partial charge in [0.1, 0.15) is 5.75 Å². The molecule has 0 aromatic heterocycles. The molecule has 17 heavy (non-hydrogen) atoms. The summed E-state index contributed by atoms with van der Waals surface area (Å²) in [4.78, 5) is 12.0. The summed E-state index contributed by atoms with van der Waals surface area (Å²) in [6.07, 6.45) is 0. The standard InChI is InChI=1S/C11H12Br3NO2/c1-11(5-12,6-13)15-10(17)7-2-3-8(14)9(16)4-7/h2-4,16H,5-6H2,1H3,(H,15,17). The van der Waals surface area contributed by atoms with Crippen molar-refractivity contribution >= 4 is 53.7 Å². The third kappa shape index (κ3) is 3.96. The van der Waals surface area contributed by atoms with Gasteiger partial charge in [0.25, 0.3) is 5.91 Å². The maximum absolute atomic E-state index is 12.0. The molecule has 0 spiro atoms. The summed E-state index contributed by atoms with van der Waals surface area (Å²) in [6, 6.07) is 4.73. The van der Waals surface area contributed by atoms with Gasteiger partial charge in [0.05, 0.1) is 10.0 Å². The van der Waals surface area contributed by atoms with Crippen molar-refractivity contribution < 1.29 is 9.90 Å². The van der Waals surface area contributed by atoms with E-state index in [0.29, 0.717) is 20.7 Å². The topological polar surface area (TPSA) is 49.3 Å². The van der Waals surface area contributed by atoms with Crippen LogP contribution in [0.5, 0.6) is 5.75 Å². The molecule has 0 saturated carbocycles. The van der Waals surface area contributed by atoms with Crippen LogP contribution >= 0.6 is 47.8 Å². The van der Waals surface area contributed by atoms with E-state index in [0.717, 1.165) is 0 Å². The van der Waals surface area contributed by atoms with Crippen LogP contribution in [0.2, 0.25) is 0 Å². The minimum atomic E-state index is -0.361. The maximum atomic E-state index is 12.0. The Labute approximate surface area is 125 Å². The molecule has 6 heteroatoms. The fourth-order valence-electron chi connectivity index (χ4n) is 1.10. The Bertz CT molecular complexity index is 419. The van der Waals surface area contributed by atoms with Crippen molar-refractivity contribution in [3.8, 4) is 5.75 Å². The summed E-state index contributed by atoms with van der Waals surface area (Å²) in [6.45, 7) is 1.92. The van der Waals surface area contributed by atoms with Gasteiger partial charge in [0.15, 0.2) is 0 Å². The Morgan fingerprint density at radius 1 is 1.41 bits per heavy atom. The predicted octanol–water partition coefficient (Wildman–Crippen LogP) is 3.43. The molecule has 0 unspecified atom stereocenters. The van der Waals surface area contributed by atoms with Crippen LogP contribution in [0.1, 0.15) is 17.3 Å². The second-order valence-corrected chi connectivity index (χ2v) is 5.92. The van der Waals surface area contributed by atoms with Crippen LogP contribution in [-0.4, -0.2) is 27.2 Å². The minimum absolute atomic E-state index is 0.0528. The molecule has 1 aromatic carbocycles. The minimum Gasteiger partial charge on any atom is -0.507 e. The van der Waals surface area contributed by atoms with Crippen LogP contribution in [0.25, 0.3) is 0 Å². The normalized spacial score (nSPS) is 11.3. The first-order valence-electron chi connectivity index (χ1n) is 4.85. The molecule has 94 valence electrons. The van der Waals surface area contributed by atoms with Gasteiger partial charge in [-0.1, -0.05) is 31.9 Å². The zero-order valence-corrected chi connectivity index (χ0v) is 13.9. The smallest absolute Gasteiger partial charge is 0.251 e. The van der Waals surface area contributed by atoms with Crippen LogP contribution in [0, 0.1) is 0 Å². The number of nitrogens with one attached hydrogen (secondary N) is 1. The first-order valence-corrected chi connectivity index (χ1v) is 7.88. The molecule has 0 fully saturated rings. The van der Waals surface area contributed by atoms with E-state index in [1.54, 1.807) is 12.1 Å². The van der Waals surface area contributed by atoms with Gasteiger partial charge < -0.3 is 10.4 Å². The largest absolute Gasteiger partial charge is 0.507 e.